The molecule has 164 valence electrons. The molecule has 0 bridgehead atoms. The second kappa shape index (κ2) is 9.32. The van der Waals surface area contributed by atoms with E-state index in [2.05, 4.69) is 14.9 Å². The largest absolute Gasteiger partial charge is 0.493 e. The van der Waals surface area contributed by atoms with Gasteiger partial charge in [-0.2, -0.15) is 0 Å². The number of thiazole rings is 1. The van der Waals surface area contributed by atoms with E-state index in [1.165, 1.54) is 4.88 Å². The van der Waals surface area contributed by atoms with Gasteiger partial charge in [0.15, 0.2) is 0 Å². The Balaban J connectivity index is 1.42. The third-order valence-corrected chi connectivity index (χ3v) is 7.11. The highest BCUT2D eigenvalue weighted by atomic mass is 32.1. The maximum Gasteiger partial charge on any atom is 0.225 e. The molecule has 2 aromatic heterocycles. The van der Waals surface area contributed by atoms with Crippen molar-refractivity contribution in [3.63, 3.8) is 0 Å². The highest BCUT2D eigenvalue weighted by Crippen LogP contribution is 2.37. The number of anilines is 1. The van der Waals surface area contributed by atoms with Gasteiger partial charge in [0, 0.05) is 42.2 Å². The van der Waals surface area contributed by atoms with Crippen LogP contribution in [-0.4, -0.2) is 39.8 Å². The van der Waals surface area contributed by atoms with Crippen molar-refractivity contribution >= 4 is 17.3 Å². The van der Waals surface area contributed by atoms with Crippen LogP contribution in [0.4, 0.5) is 5.95 Å². The normalized spacial score (nSPS) is 19.3. The fourth-order valence-electron chi connectivity index (χ4n) is 4.02. The van der Waals surface area contributed by atoms with E-state index in [0.29, 0.717) is 26.0 Å². The first-order chi connectivity index (χ1) is 14.9. The SMILES string of the molecule is Cc1cc(C)nc(N2CCC[C@](O)(c3nc(C)c(CCOc4ccccc4)s3)CC2)n1. The average Bonchev–Trinajstić information content (AvgIpc) is 2.99. The third kappa shape index (κ3) is 5.22. The lowest BCUT2D eigenvalue weighted by molar-refractivity contribution is 0.0241. The lowest BCUT2D eigenvalue weighted by Gasteiger charge is -2.25. The average molecular weight is 439 g/mol. The molecule has 1 aromatic carbocycles. The van der Waals surface area contributed by atoms with Crippen molar-refractivity contribution in [1.29, 1.82) is 0 Å². The number of aryl methyl sites for hydroxylation is 3. The van der Waals surface area contributed by atoms with Gasteiger partial charge in [0.1, 0.15) is 16.4 Å². The molecule has 7 heteroatoms. The van der Waals surface area contributed by atoms with Crippen LogP contribution in [-0.2, 0) is 12.0 Å². The van der Waals surface area contributed by atoms with Gasteiger partial charge in [0.2, 0.25) is 5.95 Å². The first-order valence-corrected chi connectivity index (χ1v) is 11.7. The van der Waals surface area contributed by atoms with Gasteiger partial charge in [0.25, 0.3) is 0 Å². The number of aromatic nitrogens is 3. The predicted octanol–water partition coefficient (Wildman–Crippen LogP) is 4.36. The number of hydrogen-bond acceptors (Lipinski definition) is 7. The Bertz CT molecular complexity index is 1000. The number of ether oxygens (including phenoxy) is 1. The Kier molecular flexibility index (Phi) is 6.53. The Morgan fingerprint density at radius 1 is 1.03 bits per heavy atom. The second-order valence-corrected chi connectivity index (χ2v) is 9.35. The van der Waals surface area contributed by atoms with Gasteiger partial charge in [-0.1, -0.05) is 18.2 Å². The molecule has 3 heterocycles. The molecule has 1 fully saturated rings. The number of benzene rings is 1. The van der Waals surface area contributed by atoms with Crippen molar-refractivity contribution in [2.75, 3.05) is 24.6 Å². The van der Waals surface area contributed by atoms with Crippen molar-refractivity contribution in [3.8, 4) is 5.75 Å². The van der Waals surface area contributed by atoms with Crippen molar-refractivity contribution in [3.05, 3.63) is 63.4 Å². The van der Waals surface area contributed by atoms with Gasteiger partial charge in [-0.15, -0.1) is 11.3 Å². The first kappa shape index (κ1) is 21.7. The summed E-state index contributed by atoms with van der Waals surface area (Å²) >= 11 is 1.62. The molecular formula is C24H30N4O2S. The molecule has 0 aliphatic carbocycles. The van der Waals surface area contributed by atoms with Gasteiger partial charge >= 0.3 is 0 Å². The number of rotatable bonds is 6. The summed E-state index contributed by atoms with van der Waals surface area (Å²) in [5, 5.41) is 12.3. The van der Waals surface area contributed by atoms with Crippen LogP contribution < -0.4 is 9.64 Å². The lowest BCUT2D eigenvalue weighted by Crippen LogP contribution is -2.30. The molecule has 0 amide bonds. The minimum absolute atomic E-state index is 0.600. The molecule has 1 N–H and O–H groups in total. The Labute approximate surface area is 188 Å². The zero-order valence-corrected chi connectivity index (χ0v) is 19.3. The van der Waals surface area contributed by atoms with Gasteiger partial charge in [0.05, 0.1) is 12.3 Å². The topological polar surface area (TPSA) is 71.4 Å². The second-order valence-electron chi connectivity index (χ2n) is 8.26. The fourth-order valence-corrected chi connectivity index (χ4v) is 5.21. The van der Waals surface area contributed by atoms with Crippen molar-refractivity contribution < 1.29 is 9.84 Å². The van der Waals surface area contributed by atoms with E-state index in [9.17, 15) is 5.11 Å². The van der Waals surface area contributed by atoms with Crippen LogP contribution in [0.2, 0.25) is 0 Å². The number of para-hydroxylation sites is 1. The molecule has 6 nitrogen and oxygen atoms in total. The Morgan fingerprint density at radius 2 is 1.77 bits per heavy atom. The maximum absolute atomic E-state index is 11.5. The van der Waals surface area contributed by atoms with E-state index in [4.69, 9.17) is 9.72 Å². The van der Waals surface area contributed by atoms with Crippen LogP contribution in [0.1, 0.15) is 46.2 Å². The monoisotopic (exact) mass is 438 g/mol. The number of aliphatic hydroxyl groups is 1. The smallest absolute Gasteiger partial charge is 0.225 e. The summed E-state index contributed by atoms with van der Waals surface area (Å²) in [6, 6.07) is 11.8. The minimum atomic E-state index is -0.901. The quantitative estimate of drug-likeness (QED) is 0.617. The van der Waals surface area contributed by atoms with Gasteiger partial charge < -0.3 is 14.7 Å². The van der Waals surface area contributed by atoms with Gasteiger partial charge in [-0.3, -0.25) is 0 Å². The molecule has 1 atom stereocenters. The molecule has 0 unspecified atom stereocenters. The predicted molar refractivity (Wildman–Crippen MR) is 124 cm³/mol. The summed E-state index contributed by atoms with van der Waals surface area (Å²) < 4.78 is 5.84. The molecule has 3 aromatic rings. The summed E-state index contributed by atoms with van der Waals surface area (Å²) in [6.45, 7) is 8.16. The van der Waals surface area contributed by atoms with Crippen LogP contribution in [0.3, 0.4) is 0 Å². The molecule has 1 aliphatic heterocycles. The van der Waals surface area contributed by atoms with Crippen molar-refractivity contribution in [1.82, 2.24) is 15.0 Å². The molecular weight excluding hydrogens is 408 g/mol. The molecule has 31 heavy (non-hydrogen) atoms. The zero-order valence-electron chi connectivity index (χ0n) is 18.5. The zero-order chi connectivity index (χ0) is 21.8. The Hall–Kier alpha value is -2.51. The summed E-state index contributed by atoms with van der Waals surface area (Å²) in [4.78, 5) is 17.3. The van der Waals surface area contributed by atoms with Crippen LogP contribution in [0.25, 0.3) is 0 Å². The minimum Gasteiger partial charge on any atom is -0.493 e. The van der Waals surface area contributed by atoms with Crippen molar-refractivity contribution in [2.24, 2.45) is 0 Å². The summed E-state index contributed by atoms with van der Waals surface area (Å²) in [6.07, 6.45) is 2.98. The lowest BCUT2D eigenvalue weighted by atomic mass is 9.96. The summed E-state index contributed by atoms with van der Waals surface area (Å²) in [5.74, 6) is 1.64. The number of nitrogens with zero attached hydrogens (tertiary/aromatic N) is 4. The third-order valence-electron chi connectivity index (χ3n) is 5.70. The molecule has 1 aliphatic rings. The van der Waals surface area contributed by atoms with E-state index in [-0.39, 0.29) is 0 Å². The van der Waals surface area contributed by atoms with E-state index >= 15 is 0 Å². The van der Waals surface area contributed by atoms with Gasteiger partial charge in [-0.25, -0.2) is 15.0 Å². The number of hydrogen-bond donors (Lipinski definition) is 1. The summed E-state index contributed by atoms with van der Waals surface area (Å²) in [7, 11) is 0. The molecule has 0 radical (unpaired) electrons. The molecule has 0 saturated carbocycles. The fraction of sp³-hybridized carbons (Fsp3) is 0.458. The maximum atomic E-state index is 11.5. The van der Waals surface area contributed by atoms with Gasteiger partial charge in [-0.05, 0) is 51.8 Å². The summed E-state index contributed by atoms with van der Waals surface area (Å²) in [5.41, 5.74) is 2.03. The highest BCUT2D eigenvalue weighted by molar-refractivity contribution is 7.11. The van der Waals surface area contributed by atoms with Crippen molar-refractivity contribution in [2.45, 2.75) is 52.1 Å². The van der Waals surface area contributed by atoms with E-state index in [1.54, 1.807) is 11.3 Å². The standard InChI is InChI=1S/C24H30N4O2S/c1-17-16-18(2)26-23(25-17)28-13-7-11-24(29,12-14-28)22-27-19(3)21(31-22)10-15-30-20-8-5-4-6-9-20/h4-6,8-9,16,29H,7,10-15H2,1-3H3/t24-/m1/s1. The molecule has 0 spiro atoms. The van der Waals surface area contributed by atoms with Crippen LogP contribution >= 0.6 is 11.3 Å². The van der Waals surface area contributed by atoms with Crippen LogP contribution in [0.15, 0.2) is 36.4 Å². The van der Waals surface area contributed by atoms with Crippen LogP contribution in [0, 0.1) is 20.8 Å². The van der Waals surface area contributed by atoms with Crippen LogP contribution in [0.5, 0.6) is 5.75 Å². The van der Waals surface area contributed by atoms with E-state index in [0.717, 1.165) is 53.2 Å². The van der Waals surface area contributed by atoms with E-state index < -0.39 is 5.60 Å². The Morgan fingerprint density at radius 3 is 2.52 bits per heavy atom. The highest BCUT2D eigenvalue weighted by Gasteiger charge is 2.36. The molecule has 1 saturated heterocycles. The van der Waals surface area contributed by atoms with E-state index in [1.807, 2.05) is 57.2 Å². The first-order valence-electron chi connectivity index (χ1n) is 10.9. The molecule has 4 rings (SSSR count).